The van der Waals surface area contributed by atoms with Crippen molar-refractivity contribution >= 4 is 9.84 Å². The first-order chi connectivity index (χ1) is 9.54. The van der Waals surface area contributed by atoms with Crippen molar-refractivity contribution in [2.45, 2.75) is 38.3 Å². The molecule has 114 valence electrons. The van der Waals surface area contributed by atoms with Crippen LogP contribution in [0.4, 0.5) is 0 Å². The van der Waals surface area contributed by atoms with Crippen LogP contribution in [0.15, 0.2) is 4.52 Å². The first-order valence-electron chi connectivity index (χ1n) is 6.83. The minimum atomic E-state index is -2.95. The summed E-state index contributed by atoms with van der Waals surface area (Å²) in [7, 11) is -1.34. The maximum atomic E-state index is 11.6. The lowest BCUT2D eigenvalue weighted by atomic mass is 10.2. The molecule has 1 aromatic rings. The number of aromatic nitrogens is 2. The van der Waals surface area contributed by atoms with Crippen molar-refractivity contribution in [1.82, 2.24) is 15.5 Å². The van der Waals surface area contributed by atoms with Gasteiger partial charge in [0.05, 0.1) is 11.5 Å². The van der Waals surface area contributed by atoms with Crippen LogP contribution in [0.25, 0.3) is 0 Å². The van der Waals surface area contributed by atoms with Gasteiger partial charge in [-0.25, -0.2) is 8.42 Å². The van der Waals surface area contributed by atoms with Gasteiger partial charge in [-0.05, 0) is 6.42 Å². The van der Waals surface area contributed by atoms with Crippen molar-refractivity contribution in [3.05, 3.63) is 11.7 Å². The predicted octanol–water partition coefficient (Wildman–Crippen LogP) is 0.486. The molecule has 1 fully saturated rings. The Labute approximate surface area is 119 Å². The van der Waals surface area contributed by atoms with Gasteiger partial charge in [-0.15, -0.1) is 0 Å². The van der Waals surface area contributed by atoms with Crippen molar-refractivity contribution in [3.8, 4) is 0 Å². The Morgan fingerprint density at radius 1 is 1.55 bits per heavy atom. The highest BCUT2D eigenvalue weighted by Gasteiger charge is 2.26. The average molecular weight is 303 g/mol. The molecule has 0 aliphatic carbocycles. The summed E-state index contributed by atoms with van der Waals surface area (Å²) in [5.74, 6) is 1.30. The number of hydrogen-bond donors (Lipinski definition) is 1. The van der Waals surface area contributed by atoms with Crippen molar-refractivity contribution in [1.29, 1.82) is 0 Å². The minimum Gasteiger partial charge on any atom is -0.373 e. The summed E-state index contributed by atoms with van der Waals surface area (Å²) >= 11 is 0. The molecule has 1 aliphatic heterocycles. The van der Waals surface area contributed by atoms with Gasteiger partial charge in [0.15, 0.2) is 9.84 Å². The fraction of sp³-hybridized carbons (Fsp3) is 0.833. The lowest BCUT2D eigenvalue weighted by Crippen LogP contribution is -2.46. The predicted molar refractivity (Wildman–Crippen MR) is 73.1 cm³/mol. The third-order valence-corrected chi connectivity index (χ3v) is 5.07. The number of nitrogens with one attached hydrogen (secondary N) is 1. The topological polar surface area (TPSA) is 94.3 Å². The smallest absolute Gasteiger partial charge is 0.228 e. The summed E-state index contributed by atoms with van der Waals surface area (Å²) in [5.41, 5.74) is 0. The molecule has 2 atom stereocenters. The third-order valence-electron chi connectivity index (χ3n) is 3.33. The maximum absolute atomic E-state index is 11.6. The number of hydrogen-bond acceptors (Lipinski definition) is 7. The summed E-state index contributed by atoms with van der Waals surface area (Å²) in [4.78, 5) is 4.30. The molecule has 2 unspecified atom stereocenters. The molecule has 1 saturated heterocycles. The molecular formula is C12H21N3O4S. The van der Waals surface area contributed by atoms with Crippen LogP contribution in [0.1, 0.15) is 37.6 Å². The molecule has 8 heteroatoms. The van der Waals surface area contributed by atoms with E-state index in [0.717, 1.165) is 12.8 Å². The van der Waals surface area contributed by atoms with Crippen LogP contribution in [0.2, 0.25) is 0 Å². The normalized spacial score (nSPS) is 23.6. The Morgan fingerprint density at radius 2 is 2.35 bits per heavy atom. The lowest BCUT2D eigenvalue weighted by Gasteiger charge is -2.22. The quantitative estimate of drug-likeness (QED) is 0.817. The second kappa shape index (κ2) is 6.64. The number of nitrogens with zero attached hydrogens (tertiary/aromatic N) is 2. The summed E-state index contributed by atoms with van der Waals surface area (Å²) in [6, 6.07) is -0.158. The fourth-order valence-corrected chi connectivity index (χ4v) is 3.75. The Bertz CT molecular complexity index is 529. The van der Waals surface area contributed by atoms with Gasteiger partial charge in [0.2, 0.25) is 11.7 Å². The molecular weight excluding hydrogens is 282 g/mol. The van der Waals surface area contributed by atoms with Crippen LogP contribution in [0.5, 0.6) is 0 Å². The average Bonchev–Trinajstić information content (AvgIpc) is 2.83. The summed E-state index contributed by atoms with van der Waals surface area (Å²) in [5, 5.41) is 7.08. The zero-order chi connectivity index (χ0) is 14.6. The van der Waals surface area contributed by atoms with Gasteiger partial charge in [0.25, 0.3) is 0 Å². The molecule has 0 amide bonds. The van der Waals surface area contributed by atoms with E-state index in [1.54, 1.807) is 7.11 Å². The Kier molecular flexibility index (Phi) is 5.11. The highest BCUT2D eigenvalue weighted by Crippen LogP contribution is 2.19. The van der Waals surface area contributed by atoms with Crippen LogP contribution in [-0.4, -0.2) is 49.8 Å². The van der Waals surface area contributed by atoms with Crippen LogP contribution < -0.4 is 5.32 Å². The van der Waals surface area contributed by atoms with Crippen molar-refractivity contribution in [3.63, 3.8) is 0 Å². The Morgan fingerprint density at radius 3 is 3.00 bits per heavy atom. The van der Waals surface area contributed by atoms with Gasteiger partial charge in [-0.2, -0.15) is 4.98 Å². The highest BCUT2D eigenvalue weighted by molar-refractivity contribution is 7.91. The van der Waals surface area contributed by atoms with E-state index in [1.165, 1.54) is 0 Å². The lowest BCUT2D eigenvalue weighted by molar-refractivity contribution is 0.0854. The minimum absolute atomic E-state index is 0.118. The first-order valence-corrected chi connectivity index (χ1v) is 8.65. The molecule has 0 saturated carbocycles. The largest absolute Gasteiger partial charge is 0.373 e. The Hall–Kier alpha value is -0.990. The van der Waals surface area contributed by atoms with Crippen molar-refractivity contribution in [2.24, 2.45) is 0 Å². The standard InChI is InChI=1S/C12H21N3O4S/c1-3-4-10(18-2)12-14-11(19-15-12)7-9-8-20(16,17)6-5-13-9/h9-10,13H,3-8H2,1-2H3. The molecule has 0 aromatic carbocycles. The van der Waals surface area contributed by atoms with E-state index >= 15 is 0 Å². The van der Waals surface area contributed by atoms with Crippen LogP contribution in [-0.2, 0) is 21.0 Å². The van der Waals surface area contributed by atoms with E-state index in [4.69, 9.17) is 9.26 Å². The maximum Gasteiger partial charge on any atom is 0.228 e. The van der Waals surface area contributed by atoms with Gasteiger partial charge in [0, 0.05) is 26.1 Å². The number of rotatable bonds is 6. The van der Waals surface area contributed by atoms with E-state index in [9.17, 15) is 8.42 Å². The molecule has 2 rings (SSSR count). The first kappa shape index (κ1) is 15.4. The molecule has 1 aliphatic rings. The van der Waals surface area contributed by atoms with Crippen molar-refractivity contribution < 1.29 is 17.7 Å². The van der Waals surface area contributed by atoms with Crippen LogP contribution in [0.3, 0.4) is 0 Å². The van der Waals surface area contributed by atoms with E-state index in [-0.39, 0.29) is 23.7 Å². The molecule has 0 spiro atoms. The Balaban J connectivity index is 1.98. The monoisotopic (exact) mass is 303 g/mol. The van der Waals surface area contributed by atoms with Crippen LogP contribution in [0, 0.1) is 0 Å². The molecule has 1 N–H and O–H groups in total. The van der Waals surface area contributed by atoms with E-state index in [1.807, 2.05) is 0 Å². The number of sulfone groups is 1. The molecule has 20 heavy (non-hydrogen) atoms. The molecule has 0 bridgehead atoms. The van der Waals surface area contributed by atoms with Crippen molar-refractivity contribution in [2.75, 3.05) is 25.2 Å². The third kappa shape index (κ3) is 4.00. The van der Waals surface area contributed by atoms with Gasteiger partial charge in [0.1, 0.15) is 6.10 Å². The number of methoxy groups -OCH3 is 1. The molecule has 1 aromatic heterocycles. The summed E-state index contributed by atoms with van der Waals surface area (Å²) in [6.45, 7) is 2.54. The highest BCUT2D eigenvalue weighted by atomic mass is 32.2. The molecule has 2 heterocycles. The zero-order valence-corrected chi connectivity index (χ0v) is 12.6. The van der Waals surface area contributed by atoms with E-state index in [2.05, 4.69) is 22.4 Å². The van der Waals surface area contributed by atoms with Gasteiger partial charge in [-0.1, -0.05) is 18.5 Å². The van der Waals surface area contributed by atoms with Gasteiger partial charge >= 0.3 is 0 Å². The summed E-state index contributed by atoms with van der Waals surface area (Å²) < 4.78 is 33.6. The molecule has 7 nitrogen and oxygen atoms in total. The SMILES string of the molecule is CCCC(OC)c1noc(CC2CS(=O)(=O)CCN2)n1. The van der Waals surface area contributed by atoms with Crippen LogP contribution >= 0.6 is 0 Å². The van der Waals surface area contributed by atoms with E-state index in [0.29, 0.717) is 24.7 Å². The fourth-order valence-electron chi connectivity index (χ4n) is 2.31. The van der Waals surface area contributed by atoms with E-state index < -0.39 is 9.84 Å². The second-order valence-electron chi connectivity index (χ2n) is 5.03. The second-order valence-corrected chi connectivity index (χ2v) is 7.26. The number of ether oxygens (including phenoxy) is 1. The zero-order valence-electron chi connectivity index (χ0n) is 11.8. The molecule has 0 radical (unpaired) electrons. The van der Waals surface area contributed by atoms with Gasteiger partial charge < -0.3 is 14.6 Å². The van der Waals surface area contributed by atoms with Gasteiger partial charge in [-0.3, -0.25) is 0 Å². The summed E-state index contributed by atoms with van der Waals surface area (Å²) in [6.07, 6.45) is 2.05.